The van der Waals surface area contributed by atoms with Gasteiger partial charge >= 0.3 is 0 Å². The first-order valence-electron chi connectivity index (χ1n) is 4.87. The van der Waals surface area contributed by atoms with E-state index in [1.54, 1.807) is 24.3 Å². The van der Waals surface area contributed by atoms with Gasteiger partial charge in [0.1, 0.15) is 0 Å². The summed E-state index contributed by atoms with van der Waals surface area (Å²) in [4.78, 5) is 21.8. The molecule has 2 amide bonds. The van der Waals surface area contributed by atoms with Crippen LogP contribution in [-0.4, -0.2) is 18.4 Å². The van der Waals surface area contributed by atoms with Crippen LogP contribution in [0.4, 0.5) is 0 Å². The summed E-state index contributed by atoms with van der Waals surface area (Å²) in [6.45, 7) is 0.280. The molecule has 86 valence electrons. The van der Waals surface area contributed by atoms with E-state index >= 15 is 0 Å². The standard InChI is InChI=1S/C11H13ClN2O2/c12-9-3-1-8(2-4-9)7-11(16)14-6-5-10(13)15/h1-4H,5-7H2,(H2,13,15)(H,14,16). The van der Waals surface area contributed by atoms with Gasteiger partial charge in [0.25, 0.3) is 0 Å². The first kappa shape index (κ1) is 12.5. The third-order valence-electron chi connectivity index (χ3n) is 1.97. The number of halogens is 1. The van der Waals surface area contributed by atoms with Crippen LogP contribution in [-0.2, 0) is 16.0 Å². The van der Waals surface area contributed by atoms with Crippen LogP contribution in [0.2, 0.25) is 5.02 Å². The van der Waals surface area contributed by atoms with Crippen molar-refractivity contribution in [3.63, 3.8) is 0 Å². The van der Waals surface area contributed by atoms with Gasteiger partial charge in [0.15, 0.2) is 0 Å². The van der Waals surface area contributed by atoms with Crippen LogP contribution in [0.5, 0.6) is 0 Å². The van der Waals surface area contributed by atoms with Gasteiger partial charge in [0.2, 0.25) is 11.8 Å². The molecule has 0 heterocycles. The van der Waals surface area contributed by atoms with Gasteiger partial charge in [-0.15, -0.1) is 0 Å². The van der Waals surface area contributed by atoms with Crippen molar-refractivity contribution < 1.29 is 9.59 Å². The van der Waals surface area contributed by atoms with Crippen molar-refractivity contribution in [3.05, 3.63) is 34.9 Å². The zero-order valence-corrected chi connectivity index (χ0v) is 9.46. The highest BCUT2D eigenvalue weighted by Gasteiger charge is 2.03. The molecule has 3 N–H and O–H groups in total. The van der Waals surface area contributed by atoms with Crippen molar-refractivity contribution >= 4 is 23.4 Å². The second kappa shape index (κ2) is 6.12. The minimum absolute atomic E-state index is 0.136. The third-order valence-corrected chi connectivity index (χ3v) is 2.22. The maximum atomic E-state index is 11.4. The fourth-order valence-electron chi connectivity index (χ4n) is 1.18. The van der Waals surface area contributed by atoms with E-state index in [9.17, 15) is 9.59 Å². The highest BCUT2D eigenvalue weighted by atomic mass is 35.5. The molecule has 0 atom stereocenters. The Labute approximate surface area is 98.8 Å². The van der Waals surface area contributed by atoms with E-state index < -0.39 is 5.91 Å². The summed E-state index contributed by atoms with van der Waals surface area (Å²) in [5, 5.41) is 3.24. The molecule has 4 nitrogen and oxygen atoms in total. The number of amides is 2. The van der Waals surface area contributed by atoms with Crippen molar-refractivity contribution in [3.8, 4) is 0 Å². The normalized spacial score (nSPS) is 9.81. The molecule has 1 rings (SSSR count). The average Bonchev–Trinajstić information content (AvgIpc) is 2.21. The van der Waals surface area contributed by atoms with Gasteiger partial charge in [-0.05, 0) is 17.7 Å². The lowest BCUT2D eigenvalue weighted by Crippen LogP contribution is -2.29. The number of benzene rings is 1. The zero-order chi connectivity index (χ0) is 12.0. The molecule has 0 aromatic heterocycles. The summed E-state index contributed by atoms with van der Waals surface area (Å²) in [5.41, 5.74) is 5.82. The van der Waals surface area contributed by atoms with E-state index in [4.69, 9.17) is 17.3 Å². The molecular formula is C11H13ClN2O2. The van der Waals surface area contributed by atoms with E-state index in [0.717, 1.165) is 5.56 Å². The second-order valence-corrected chi connectivity index (χ2v) is 3.81. The lowest BCUT2D eigenvalue weighted by atomic mass is 10.1. The molecule has 0 spiro atoms. The summed E-state index contributed by atoms with van der Waals surface area (Å²) < 4.78 is 0. The van der Waals surface area contributed by atoms with Crippen LogP contribution in [0.25, 0.3) is 0 Å². The Hall–Kier alpha value is -1.55. The van der Waals surface area contributed by atoms with Gasteiger partial charge in [-0.2, -0.15) is 0 Å². The Morgan fingerprint density at radius 3 is 2.44 bits per heavy atom. The first-order valence-corrected chi connectivity index (χ1v) is 5.25. The number of primary amides is 1. The number of hydrogen-bond acceptors (Lipinski definition) is 2. The van der Waals surface area contributed by atoms with Crippen molar-refractivity contribution in [2.45, 2.75) is 12.8 Å². The molecule has 16 heavy (non-hydrogen) atoms. The molecule has 1 aromatic carbocycles. The Bertz CT molecular complexity index is 376. The number of hydrogen-bond donors (Lipinski definition) is 2. The number of nitrogens with one attached hydrogen (secondary N) is 1. The van der Waals surface area contributed by atoms with Gasteiger partial charge in [0.05, 0.1) is 6.42 Å². The Morgan fingerprint density at radius 2 is 1.88 bits per heavy atom. The van der Waals surface area contributed by atoms with Crippen molar-refractivity contribution in [1.82, 2.24) is 5.32 Å². The van der Waals surface area contributed by atoms with Crippen LogP contribution >= 0.6 is 11.6 Å². The molecule has 0 saturated heterocycles. The van der Waals surface area contributed by atoms with Crippen molar-refractivity contribution in [2.24, 2.45) is 5.73 Å². The van der Waals surface area contributed by atoms with Crippen LogP contribution < -0.4 is 11.1 Å². The number of nitrogens with two attached hydrogens (primary N) is 1. The van der Waals surface area contributed by atoms with E-state index in [0.29, 0.717) is 5.02 Å². The summed E-state index contributed by atoms with van der Waals surface area (Å²) >= 11 is 5.71. The van der Waals surface area contributed by atoms with Crippen LogP contribution in [0.3, 0.4) is 0 Å². The van der Waals surface area contributed by atoms with Crippen LogP contribution in [0, 0.1) is 0 Å². The molecule has 0 bridgehead atoms. The Balaban J connectivity index is 2.34. The highest BCUT2D eigenvalue weighted by molar-refractivity contribution is 6.30. The molecule has 0 fully saturated rings. The molecule has 0 unspecified atom stereocenters. The minimum Gasteiger partial charge on any atom is -0.370 e. The SMILES string of the molecule is NC(=O)CCNC(=O)Cc1ccc(Cl)cc1. The topological polar surface area (TPSA) is 72.2 Å². The van der Waals surface area contributed by atoms with Gasteiger partial charge in [-0.25, -0.2) is 0 Å². The van der Waals surface area contributed by atoms with Gasteiger partial charge in [-0.1, -0.05) is 23.7 Å². The van der Waals surface area contributed by atoms with Crippen molar-refractivity contribution in [1.29, 1.82) is 0 Å². The second-order valence-electron chi connectivity index (χ2n) is 3.37. The minimum atomic E-state index is -0.424. The predicted octanol–water partition coefficient (Wildman–Crippen LogP) is 0.874. The van der Waals surface area contributed by atoms with E-state index in [1.807, 2.05) is 0 Å². The molecular weight excluding hydrogens is 228 g/mol. The zero-order valence-electron chi connectivity index (χ0n) is 8.70. The highest BCUT2D eigenvalue weighted by Crippen LogP contribution is 2.09. The van der Waals surface area contributed by atoms with Gasteiger partial charge < -0.3 is 11.1 Å². The van der Waals surface area contributed by atoms with Gasteiger partial charge in [0, 0.05) is 18.0 Å². The molecule has 0 radical (unpaired) electrons. The number of carbonyl (C=O) groups excluding carboxylic acids is 2. The van der Waals surface area contributed by atoms with Crippen LogP contribution in [0.1, 0.15) is 12.0 Å². The molecule has 0 saturated carbocycles. The maximum Gasteiger partial charge on any atom is 0.224 e. The smallest absolute Gasteiger partial charge is 0.224 e. The van der Waals surface area contributed by atoms with Crippen LogP contribution in [0.15, 0.2) is 24.3 Å². The quantitative estimate of drug-likeness (QED) is 0.802. The third kappa shape index (κ3) is 4.79. The van der Waals surface area contributed by atoms with Gasteiger partial charge in [-0.3, -0.25) is 9.59 Å². The summed E-state index contributed by atoms with van der Waals surface area (Å²) in [6, 6.07) is 7.03. The molecule has 0 aliphatic carbocycles. The fraction of sp³-hybridized carbons (Fsp3) is 0.273. The number of rotatable bonds is 5. The molecule has 0 aliphatic heterocycles. The molecule has 1 aromatic rings. The summed E-state index contributed by atoms with van der Waals surface area (Å²) in [6.07, 6.45) is 0.433. The lowest BCUT2D eigenvalue weighted by molar-refractivity contribution is -0.120. The summed E-state index contributed by atoms with van der Waals surface area (Å²) in [5.74, 6) is -0.560. The molecule has 5 heteroatoms. The predicted molar refractivity (Wildman–Crippen MR) is 62.0 cm³/mol. The van der Waals surface area contributed by atoms with E-state index in [1.165, 1.54) is 0 Å². The average molecular weight is 241 g/mol. The Morgan fingerprint density at radius 1 is 1.25 bits per heavy atom. The lowest BCUT2D eigenvalue weighted by Gasteiger charge is -2.03. The fourth-order valence-corrected chi connectivity index (χ4v) is 1.30. The maximum absolute atomic E-state index is 11.4. The first-order chi connectivity index (χ1) is 7.58. The van der Waals surface area contributed by atoms with Crippen molar-refractivity contribution in [2.75, 3.05) is 6.54 Å². The van der Waals surface area contributed by atoms with E-state index in [-0.39, 0.29) is 25.3 Å². The van der Waals surface area contributed by atoms with E-state index in [2.05, 4.69) is 5.32 Å². The largest absolute Gasteiger partial charge is 0.370 e. The Kier molecular flexibility index (Phi) is 4.79. The monoisotopic (exact) mass is 240 g/mol. The molecule has 0 aliphatic rings. The number of carbonyl (C=O) groups is 2. The summed E-state index contributed by atoms with van der Waals surface area (Å²) in [7, 11) is 0.